The second-order valence-electron chi connectivity index (χ2n) is 10.4. The first-order valence-corrected chi connectivity index (χ1v) is 13.1. The average molecular weight is 528 g/mol. The van der Waals surface area contributed by atoms with Crippen molar-refractivity contribution in [1.29, 1.82) is 10.8 Å². The topological polar surface area (TPSA) is 190 Å². The maximum absolute atomic E-state index is 13.3. The number of hydrogen-bond donors (Lipinski definition) is 4. The van der Waals surface area contributed by atoms with Gasteiger partial charge in [0, 0.05) is 88.4 Å². The van der Waals surface area contributed by atoms with Crippen LogP contribution in [0.15, 0.2) is 18.2 Å². The van der Waals surface area contributed by atoms with Crippen molar-refractivity contribution in [1.82, 2.24) is 19.6 Å². The summed E-state index contributed by atoms with van der Waals surface area (Å²) >= 11 is 0. The predicted octanol–water partition coefficient (Wildman–Crippen LogP) is 0.633. The van der Waals surface area contributed by atoms with Crippen LogP contribution in [0.1, 0.15) is 41.6 Å². The zero-order valence-electron chi connectivity index (χ0n) is 21.6. The summed E-state index contributed by atoms with van der Waals surface area (Å²) in [5, 5.41) is 26.8. The largest absolute Gasteiger partial charge is 0.387 e. The van der Waals surface area contributed by atoms with Crippen molar-refractivity contribution in [3.63, 3.8) is 0 Å². The molecule has 206 valence electrons. The summed E-state index contributed by atoms with van der Waals surface area (Å²) in [6.45, 7) is 4.61. The van der Waals surface area contributed by atoms with Crippen molar-refractivity contribution in [2.24, 2.45) is 23.3 Å². The molecule has 0 unspecified atom stereocenters. The number of guanidine groups is 1. The van der Waals surface area contributed by atoms with Crippen LogP contribution in [0.25, 0.3) is 0 Å². The normalized spacial score (nSPS) is 22.7. The summed E-state index contributed by atoms with van der Waals surface area (Å²) in [7, 11) is 0. The van der Waals surface area contributed by atoms with Crippen LogP contribution in [0, 0.1) is 32.8 Å². The number of piperazine rings is 2. The van der Waals surface area contributed by atoms with E-state index in [0.717, 1.165) is 25.7 Å². The molecule has 13 nitrogen and oxygen atoms in total. The number of nitrogens with zero attached hydrogens (tertiary/aromatic N) is 5. The second kappa shape index (κ2) is 11.8. The van der Waals surface area contributed by atoms with Gasteiger partial charge in [-0.1, -0.05) is 0 Å². The highest BCUT2D eigenvalue weighted by Crippen LogP contribution is 2.30. The molecular formula is C25H37N9O4. The summed E-state index contributed by atoms with van der Waals surface area (Å²) in [5.74, 6) is 0.0629. The molecule has 2 heterocycles. The zero-order valence-corrected chi connectivity index (χ0v) is 21.6. The molecule has 0 atom stereocenters. The molecule has 2 saturated heterocycles. The van der Waals surface area contributed by atoms with Crippen molar-refractivity contribution >= 4 is 29.3 Å². The number of nitro benzene ring substituents is 1. The van der Waals surface area contributed by atoms with Gasteiger partial charge in [-0.25, -0.2) is 0 Å². The minimum absolute atomic E-state index is 0.0371. The Morgan fingerprint density at radius 3 is 1.95 bits per heavy atom. The molecule has 0 radical (unpaired) electrons. The number of rotatable bonds is 6. The van der Waals surface area contributed by atoms with E-state index in [0.29, 0.717) is 64.5 Å². The lowest BCUT2D eigenvalue weighted by molar-refractivity contribution is -0.385. The fraction of sp³-hybridized carbons (Fsp3) is 0.600. The van der Waals surface area contributed by atoms with Gasteiger partial charge in [-0.2, -0.15) is 0 Å². The molecule has 4 rings (SSSR count). The van der Waals surface area contributed by atoms with E-state index in [1.54, 1.807) is 15.9 Å². The minimum atomic E-state index is -0.481. The first-order valence-electron chi connectivity index (χ1n) is 13.1. The van der Waals surface area contributed by atoms with Gasteiger partial charge in [-0.3, -0.25) is 35.4 Å². The molecule has 0 aromatic heterocycles. The number of amides is 2. The van der Waals surface area contributed by atoms with Crippen LogP contribution in [0.2, 0.25) is 0 Å². The van der Waals surface area contributed by atoms with Gasteiger partial charge in [-0.05, 0) is 37.3 Å². The smallest absolute Gasteiger partial charge is 0.270 e. The van der Waals surface area contributed by atoms with Crippen LogP contribution < -0.4 is 11.5 Å². The fourth-order valence-electron chi connectivity index (χ4n) is 5.62. The Bertz CT molecular complexity index is 1090. The number of benzene rings is 1. The van der Waals surface area contributed by atoms with Gasteiger partial charge in [0.1, 0.15) is 0 Å². The van der Waals surface area contributed by atoms with E-state index < -0.39 is 4.92 Å². The van der Waals surface area contributed by atoms with E-state index in [-0.39, 0.29) is 46.7 Å². The molecule has 0 spiro atoms. The van der Waals surface area contributed by atoms with Gasteiger partial charge in [0.2, 0.25) is 5.91 Å². The maximum atomic E-state index is 13.3. The molecule has 0 bridgehead atoms. The van der Waals surface area contributed by atoms with Crippen LogP contribution >= 0.6 is 0 Å². The van der Waals surface area contributed by atoms with E-state index in [1.807, 2.05) is 4.90 Å². The Kier molecular flexibility index (Phi) is 8.45. The number of non-ortho nitro benzene ring substituents is 1. The Hall–Kier alpha value is -3.74. The van der Waals surface area contributed by atoms with Crippen LogP contribution in [0.5, 0.6) is 0 Å². The predicted molar refractivity (Wildman–Crippen MR) is 142 cm³/mol. The lowest BCUT2D eigenvalue weighted by Crippen LogP contribution is -2.52. The molecule has 38 heavy (non-hydrogen) atoms. The van der Waals surface area contributed by atoms with E-state index in [9.17, 15) is 19.7 Å². The lowest BCUT2D eigenvalue weighted by Gasteiger charge is -2.38. The molecule has 3 aliphatic rings. The highest BCUT2D eigenvalue weighted by Gasteiger charge is 2.33. The van der Waals surface area contributed by atoms with E-state index in [1.165, 1.54) is 12.1 Å². The molecule has 2 amide bonds. The van der Waals surface area contributed by atoms with Crippen LogP contribution in [-0.2, 0) is 11.3 Å². The quantitative estimate of drug-likeness (QED) is 0.179. The summed E-state index contributed by atoms with van der Waals surface area (Å²) in [6, 6.07) is 4.55. The monoisotopic (exact) mass is 527 g/mol. The minimum Gasteiger partial charge on any atom is -0.387 e. The van der Waals surface area contributed by atoms with Crippen molar-refractivity contribution in [3.8, 4) is 0 Å². The third-order valence-electron chi connectivity index (χ3n) is 7.95. The van der Waals surface area contributed by atoms with Gasteiger partial charge in [-0.15, -0.1) is 0 Å². The fourth-order valence-corrected chi connectivity index (χ4v) is 5.62. The van der Waals surface area contributed by atoms with Crippen molar-refractivity contribution in [2.75, 3.05) is 52.4 Å². The number of amidine groups is 1. The van der Waals surface area contributed by atoms with Crippen molar-refractivity contribution in [3.05, 3.63) is 39.4 Å². The van der Waals surface area contributed by atoms with Crippen molar-refractivity contribution in [2.45, 2.75) is 32.2 Å². The third-order valence-corrected chi connectivity index (χ3v) is 7.95. The average Bonchev–Trinajstić information content (AvgIpc) is 2.92. The SMILES string of the molecule is N=C(N)C1CCC(C(=O)N2CCN(C(=O)c3cc(CN4CCN(C(=N)N)CC4)cc([N+](=O)[O-])c3)CC2)CC1. The van der Waals surface area contributed by atoms with Crippen LogP contribution in [0.3, 0.4) is 0 Å². The molecule has 1 aliphatic carbocycles. The number of nitrogens with two attached hydrogens (primary N) is 2. The van der Waals surface area contributed by atoms with Gasteiger partial charge in [0.15, 0.2) is 5.96 Å². The number of hydrogen-bond acceptors (Lipinski definition) is 7. The van der Waals surface area contributed by atoms with E-state index >= 15 is 0 Å². The van der Waals surface area contributed by atoms with Crippen LogP contribution in [0.4, 0.5) is 5.69 Å². The number of carbonyl (C=O) groups excluding carboxylic acids is 2. The maximum Gasteiger partial charge on any atom is 0.270 e. The molecule has 13 heteroatoms. The highest BCUT2D eigenvalue weighted by atomic mass is 16.6. The number of nitrogens with one attached hydrogen (secondary N) is 2. The summed E-state index contributed by atoms with van der Waals surface area (Å²) in [4.78, 5) is 44.8. The molecule has 1 aromatic rings. The van der Waals surface area contributed by atoms with Gasteiger partial charge in [0.25, 0.3) is 11.6 Å². The molecule has 1 aromatic carbocycles. The first kappa shape index (κ1) is 27.3. The first-order chi connectivity index (χ1) is 18.1. The van der Waals surface area contributed by atoms with Gasteiger partial charge < -0.3 is 26.2 Å². The number of nitro groups is 1. The third kappa shape index (κ3) is 6.39. The lowest BCUT2D eigenvalue weighted by atomic mass is 9.81. The van der Waals surface area contributed by atoms with Gasteiger partial charge >= 0.3 is 0 Å². The van der Waals surface area contributed by atoms with E-state index in [4.69, 9.17) is 22.3 Å². The van der Waals surface area contributed by atoms with Gasteiger partial charge in [0.05, 0.1) is 10.8 Å². The second-order valence-corrected chi connectivity index (χ2v) is 10.4. The standard InChI is InChI=1S/C25H37N9O4/c26-22(27)18-1-3-19(4-2-18)23(35)31-9-11-32(12-10-31)24(36)20-13-17(14-21(15-20)34(37)38)16-30-5-7-33(8-6-30)25(28)29/h13-15,18-19H,1-12,16H2,(H3,26,27)(H3,28,29). The molecule has 2 aliphatic heterocycles. The summed E-state index contributed by atoms with van der Waals surface area (Å²) in [5.41, 5.74) is 12.0. The molecule has 1 saturated carbocycles. The van der Waals surface area contributed by atoms with E-state index in [2.05, 4.69) is 4.90 Å². The molecule has 6 N–H and O–H groups in total. The Morgan fingerprint density at radius 2 is 1.39 bits per heavy atom. The summed E-state index contributed by atoms with van der Waals surface area (Å²) < 4.78 is 0. The Balaban J connectivity index is 1.35. The molecule has 3 fully saturated rings. The Morgan fingerprint density at radius 1 is 0.842 bits per heavy atom. The highest BCUT2D eigenvalue weighted by molar-refractivity contribution is 5.95. The Labute approximate surface area is 221 Å². The summed E-state index contributed by atoms with van der Waals surface area (Å²) in [6.07, 6.45) is 2.96. The molecular weight excluding hydrogens is 490 g/mol. The van der Waals surface area contributed by atoms with Crippen molar-refractivity contribution < 1.29 is 14.5 Å². The zero-order chi connectivity index (χ0) is 27.4. The number of carbonyl (C=O) groups is 2. The van der Waals surface area contributed by atoms with Crippen LogP contribution in [-0.4, -0.2) is 100 Å².